The van der Waals surface area contributed by atoms with Crippen molar-refractivity contribution in [3.63, 3.8) is 0 Å². The Balaban J connectivity index is 1.91. The molecule has 3 rings (SSSR count). The van der Waals surface area contributed by atoms with Crippen LogP contribution >= 0.6 is 0 Å². The van der Waals surface area contributed by atoms with E-state index in [2.05, 4.69) is 10.2 Å². The Morgan fingerprint density at radius 2 is 2.17 bits per heavy atom. The zero-order chi connectivity index (χ0) is 16.6. The summed E-state index contributed by atoms with van der Waals surface area (Å²) in [5.41, 5.74) is 2.19. The lowest BCUT2D eigenvalue weighted by Crippen LogP contribution is -2.39. The van der Waals surface area contributed by atoms with E-state index in [1.165, 1.54) is 4.68 Å². The molecule has 1 unspecified atom stereocenters. The van der Waals surface area contributed by atoms with Gasteiger partial charge in [-0.2, -0.15) is 5.10 Å². The van der Waals surface area contributed by atoms with E-state index < -0.39 is 0 Å². The highest BCUT2D eigenvalue weighted by Crippen LogP contribution is 2.30. The lowest BCUT2D eigenvalue weighted by Gasteiger charge is -2.34. The van der Waals surface area contributed by atoms with Crippen LogP contribution in [0.15, 0.2) is 16.9 Å². The number of likely N-dealkylation sites (tertiary alicyclic amines) is 1. The second-order valence-corrected chi connectivity index (χ2v) is 6.11. The van der Waals surface area contributed by atoms with Gasteiger partial charge in [0.2, 0.25) is 0 Å². The minimum absolute atomic E-state index is 0.0605. The van der Waals surface area contributed by atoms with Gasteiger partial charge in [0, 0.05) is 31.9 Å². The van der Waals surface area contributed by atoms with Crippen LogP contribution in [0.5, 0.6) is 0 Å². The molecule has 23 heavy (non-hydrogen) atoms. The molecule has 2 aromatic rings. The highest BCUT2D eigenvalue weighted by atomic mass is 16.2. The van der Waals surface area contributed by atoms with Gasteiger partial charge in [-0.25, -0.2) is 0 Å². The molecule has 3 heterocycles. The van der Waals surface area contributed by atoms with E-state index in [9.17, 15) is 9.59 Å². The molecule has 0 spiro atoms. The van der Waals surface area contributed by atoms with Crippen molar-refractivity contribution in [2.24, 2.45) is 7.05 Å². The molecule has 1 aliphatic heterocycles. The maximum atomic E-state index is 12.9. The zero-order valence-electron chi connectivity index (χ0n) is 13.9. The first-order valence-electron chi connectivity index (χ1n) is 8.12. The van der Waals surface area contributed by atoms with Gasteiger partial charge in [-0.1, -0.05) is 0 Å². The third kappa shape index (κ3) is 2.83. The van der Waals surface area contributed by atoms with Crippen LogP contribution in [-0.4, -0.2) is 36.9 Å². The van der Waals surface area contributed by atoms with Gasteiger partial charge >= 0.3 is 0 Å². The SMILES string of the molecule is CCn1nc(C(=O)N2CCCCC2c2cc(=O)n(C)[nH]2)cc1C. The fourth-order valence-electron chi connectivity index (χ4n) is 3.26. The van der Waals surface area contributed by atoms with Crippen molar-refractivity contribution in [3.05, 3.63) is 39.6 Å². The number of amides is 1. The Morgan fingerprint density at radius 3 is 2.78 bits per heavy atom. The summed E-state index contributed by atoms with van der Waals surface area (Å²) >= 11 is 0. The van der Waals surface area contributed by atoms with E-state index in [0.717, 1.165) is 37.2 Å². The monoisotopic (exact) mass is 317 g/mol. The number of hydrogen-bond donors (Lipinski definition) is 1. The summed E-state index contributed by atoms with van der Waals surface area (Å²) < 4.78 is 3.28. The normalized spacial score (nSPS) is 18.4. The van der Waals surface area contributed by atoms with Crippen molar-refractivity contribution >= 4 is 5.91 Å². The molecule has 0 aromatic carbocycles. The summed E-state index contributed by atoms with van der Waals surface area (Å²) in [5.74, 6) is -0.0605. The summed E-state index contributed by atoms with van der Waals surface area (Å²) in [6.07, 6.45) is 2.89. The molecule has 0 aliphatic carbocycles. The summed E-state index contributed by atoms with van der Waals surface area (Å²) in [5, 5.41) is 7.47. The maximum absolute atomic E-state index is 12.9. The van der Waals surface area contributed by atoms with Crippen LogP contribution in [0.4, 0.5) is 0 Å². The summed E-state index contributed by atoms with van der Waals surface area (Å²) in [6.45, 7) is 5.40. The molecule has 0 radical (unpaired) electrons. The molecule has 124 valence electrons. The maximum Gasteiger partial charge on any atom is 0.274 e. The molecule has 2 aromatic heterocycles. The summed E-state index contributed by atoms with van der Waals surface area (Å²) in [6, 6.07) is 3.34. The van der Waals surface area contributed by atoms with Gasteiger partial charge in [-0.05, 0) is 39.2 Å². The van der Waals surface area contributed by atoms with Crippen molar-refractivity contribution in [2.45, 2.75) is 45.7 Å². The fraction of sp³-hybridized carbons (Fsp3) is 0.562. The van der Waals surface area contributed by atoms with E-state index in [4.69, 9.17) is 0 Å². The van der Waals surface area contributed by atoms with Gasteiger partial charge < -0.3 is 4.90 Å². The molecular weight excluding hydrogens is 294 g/mol. The number of nitrogens with one attached hydrogen (secondary N) is 1. The molecule has 7 nitrogen and oxygen atoms in total. The van der Waals surface area contributed by atoms with Crippen molar-refractivity contribution < 1.29 is 4.79 Å². The van der Waals surface area contributed by atoms with Crippen LogP contribution in [0.3, 0.4) is 0 Å². The number of rotatable bonds is 3. The number of hydrogen-bond acceptors (Lipinski definition) is 3. The quantitative estimate of drug-likeness (QED) is 0.934. The molecule has 1 amide bonds. The molecule has 1 fully saturated rings. The van der Waals surface area contributed by atoms with Crippen LogP contribution in [0.1, 0.15) is 54.1 Å². The third-order valence-electron chi connectivity index (χ3n) is 4.53. The van der Waals surface area contributed by atoms with Gasteiger partial charge in [-0.15, -0.1) is 0 Å². The first-order valence-corrected chi connectivity index (χ1v) is 8.12. The smallest absolute Gasteiger partial charge is 0.274 e. The Kier molecular flexibility index (Phi) is 4.11. The van der Waals surface area contributed by atoms with Crippen molar-refractivity contribution in [1.29, 1.82) is 0 Å². The lowest BCUT2D eigenvalue weighted by molar-refractivity contribution is 0.0598. The zero-order valence-corrected chi connectivity index (χ0v) is 13.9. The van der Waals surface area contributed by atoms with Crippen molar-refractivity contribution in [2.75, 3.05) is 6.54 Å². The molecule has 0 saturated carbocycles. The first kappa shape index (κ1) is 15.6. The number of H-pyrrole nitrogens is 1. The molecule has 1 saturated heterocycles. The van der Waals surface area contributed by atoms with Crippen LogP contribution in [0, 0.1) is 6.92 Å². The highest BCUT2D eigenvalue weighted by Gasteiger charge is 2.31. The van der Waals surface area contributed by atoms with E-state index in [1.807, 2.05) is 29.5 Å². The average molecular weight is 317 g/mol. The molecule has 1 aliphatic rings. The Labute approximate surface area is 134 Å². The van der Waals surface area contributed by atoms with Gasteiger partial charge in [-0.3, -0.25) is 24.1 Å². The predicted octanol–water partition coefficient (Wildman–Crippen LogP) is 1.61. The fourth-order valence-corrected chi connectivity index (χ4v) is 3.26. The minimum Gasteiger partial charge on any atom is -0.329 e. The van der Waals surface area contributed by atoms with Gasteiger partial charge in [0.25, 0.3) is 11.5 Å². The van der Waals surface area contributed by atoms with E-state index >= 15 is 0 Å². The summed E-state index contributed by atoms with van der Waals surface area (Å²) in [7, 11) is 1.69. The second kappa shape index (κ2) is 6.06. The number of carbonyl (C=O) groups is 1. The number of piperidine rings is 1. The van der Waals surface area contributed by atoms with Crippen LogP contribution in [-0.2, 0) is 13.6 Å². The number of aryl methyl sites for hydroxylation is 3. The summed E-state index contributed by atoms with van der Waals surface area (Å²) in [4.78, 5) is 26.5. The largest absolute Gasteiger partial charge is 0.329 e. The minimum atomic E-state index is -0.0859. The van der Waals surface area contributed by atoms with E-state index in [-0.39, 0.29) is 17.5 Å². The van der Waals surface area contributed by atoms with Crippen molar-refractivity contribution in [1.82, 2.24) is 24.5 Å². The topological polar surface area (TPSA) is 75.9 Å². The molecule has 7 heteroatoms. The van der Waals surface area contributed by atoms with Crippen LogP contribution < -0.4 is 5.56 Å². The first-order chi connectivity index (χ1) is 11.0. The average Bonchev–Trinajstić information content (AvgIpc) is 3.09. The van der Waals surface area contributed by atoms with Crippen LogP contribution in [0.25, 0.3) is 0 Å². The third-order valence-corrected chi connectivity index (χ3v) is 4.53. The number of carbonyl (C=O) groups excluding carboxylic acids is 1. The predicted molar refractivity (Wildman–Crippen MR) is 86.3 cm³/mol. The number of aromatic amines is 1. The molecule has 0 bridgehead atoms. The number of aromatic nitrogens is 4. The van der Waals surface area contributed by atoms with Gasteiger partial charge in [0.1, 0.15) is 0 Å². The second-order valence-electron chi connectivity index (χ2n) is 6.11. The molecular formula is C16H23N5O2. The lowest BCUT2D eigenvalue weighted by atomic mass is 9.99. The highest BCUT2D eigenvalue weighted by molar-refractivity contribution is 5.92. The number of nitrogens with zero attached hydrogens (tertiary/aromatic N) is 4. The Morgan fingerprint density at radius 1 is 1.39 bits per heavy atom. The van der Waals surface area contributed by atoms with Crippen molar-refractivity contribution in [3.8, 4) is 0 Å². The Bertz CT molecular complexity index is 770. The van der Waals surface area contributed by atoms with Gasteiger partial charge in [0.15, 0.2) is 5.69 Å². The molecule has 1 N–H and O–H groups in total. The van der Waals surface area contributed by atoms with Gasteiger partial charge in [0.05, 0.1) is 11.7 Å². The Hall–Kier alpha value is -2.31. The van der Waals surface area contributed by atoms with E-state index in [1.54, 1.807) is 13.1 Å². The molecule has 1 atom stereocenters. The van der Waals surface area contributed by atoms with E-state index in [0.29, 0.717) is 12.2 Å². The standard InChI is InChI=1S/C16H23N5O2/c1-4-21-11(2)9-13(18-21)16(23)20-8-6-5-7-14(20)12-10-15(22)19(3)17-12/h9-10,14,17H,4-8H2,1-3H3. The van der Waals surface area contributed by atoms with Crippen LogP contribution in [0.2, 0.25) is 0 Å².